The molecule has 100 valence electrons. The molecule has 0 heterocycles. The minimum Gasteiger partial charge on any atom is -0.494 e. The Morgan fingerprint density at radius 1 is 1.33 bits per heavy atom. The van der Waals surface area contributed by atoms with Crippen LogP contribution in [0, 0.1) is 0 Å². The van der Waals surface area contributed by atoms with Crippen molar-refractivity contribution in [2.45, 2.75) is 32.7 Å². The molecular formula is C14H22N2O2. The van der Waals surface area contributed by atoms with Gasteiger partial charge in [0.25, 0.3) is 0 Å². The fourth-order valence-electron chi connectivity index (χ4n) is 1.48. The van der Waals surface area contributed by atoms with Gasteiger partial charge in [-0.25, -0.2) is 0 Å². The minimum atomic E-state index is -0.276. The zero-order valence-corrected chi connectivity index (χ0v) is 10.9. The highest BCUT2D eigenvalue weighted by molar-refractivity contribution is 5.73. The van der Waals surface area contributed by atoms with Gasteiger partial charge in [-0.05, 0) is 24.1 Å². The third-order valence-electron chi connectivity index (χ3n) is 2.57. The van der Waals surface area contributed by atoms with Gasteiger partial charge >= 0.3 is 0 Å². The van der Waals surface area contributed by atoms with Crippen molar-refractivity contribution in [1.82, 2.24) is 5.32 Å². The fraction of sp³-hybridized carbons (Fsp3) is 0.500. The molecule has 0 saturated heterocycles. The van der Waals surface area contributed by atoms with Crippen molar-refractivity contribution in [3.8, 4) is 5.75 Å². The number of carbonyl (C=O) groups is 1. The van der Waals surface area contributed by atoms with Crippen molar-refractivity contribution in [3.63, 3.8) is 0 Å². The number of hydrogen-bond donors (Lipinski definition) is 2. The normalized spacial score (nSPS) is 10.3. The van der Waals surface area contributed by atoms with Crippen molar-refractivity contribution >= 4 is 5.91 Å². The van der Waals surface area contributed by atoms with E-state index in [9.17, 15) is 4.79 Å². The predicted molar refractivity (Wildman–Crippen MR) is 72.4 cm³/mol. The Morgan fingerprint density at radius 3 is 2.67 bits per heavy atom. The fourth-order valence-corrected chi connectivity index (χ4v) is 1.48. The first-order valence-corrected chi connectivity index (χ1v) is 6.43. The van der Waals surface area contributed by atoms with Gasteiger partial charge in [-0.1, -0.05) is 25.5 Å². The maximum atomic E-state index is 10.5. The van der Waals surface area contributed by atoms with E-state index in [0.29, 0.717) is 13.0 Å². The molecule has 0 aliphatic carbocycles. The number of rotatable bonds is 9. The quantitative estimate of drug-likeness (QED) is 0.657. The maximum Gasteiger partial charge on any atom is 0.218 e. The van der Waals surface area contributed by atoms with Gasteiger partial charge in [-0.2, -0.15) is 0 Å². The third kappa shape index (κ3) is 6.25. The largest absolute Gasteiger partial charge is 0.494 e. The van der Waals surface area contributed by atoms with Crippen LogP contribution in [0.1, 0.15) is 31.7 Å². The molecule has 0 aliphatic rings. The van der Waals surface area contributed by atoms with Gasteiger partial charge in [0.15, 0.2) is 0 Å². The van der Waals surface area contributed by atoms with Crippen LogP contribution in [-0.4, -0.2) is 19.1 Å². The second-order valence-electron chi connectivity index (χ2n) is 4.24. The van der Waals surface area contributed by atoms with Crippen molar-refractivity contribution < 1.29 is 9.53 Å². The van der Waals surface area contributed by atoms with E-state index in [4.69, 9.17) is 10.5 Å². The number of carbonyl (C=O) groups excluding carboxylic acids is 1. The van der Waals surface area contributed by atoms with Gasteiger partial charge in [0.05, 0.1) is 6.61 Å². The topological polar surface area (TPSA) is 64.3 Å². The summed E-state index contributed by atoms with van der Waals surface area (Å²) in [5, 5.41) is 3.16. The van der Waals surface area contributed by atoms with E-state index in [2.05, 4.69) is 12.2 Å². The monoisotopic (exact) mass is 250 g/mol. The molecule has 1 aromatic rings. The Hall–Kier alpha value is -1.55. The summed E-state index contributed by atoms with van der Waals surface area (Å²) in [7, 11) is 0. The van der Waals surface area contributed by atoms with Crippen LogP contribution in [0.5, 0.6) is 5.75 Å². The number of ether oxygens (including phenoxy) is 1. The van der Waals surface area contributed by atoms with Crippen molar-refractivity contribution in [2.24, 2.45) is 5.73 Å². The van der Waals surface area contributed by atoms with Gasteiger partial charge in [-0.3, -0.25) is 4.79 Å². The van der Waals surface area contributed by atoms with Crippen LogP contribution in [-0.2, 0) is 11.3 Å². The van der Waals surface area contributed by atoms with Crippen LogP contribution in [0.2, 0.25) is 0 Å². The summed E-state index contributed by atoms with van der Waals surface area (Å²) in [6.45, 7) is 4.27. The third-order valence-corrected chi connectivity index (χ3v) is 2.57. The second kappa shape index (κ2) is 8.53. The Kier molecular flexibility index (Phi) is 6.87. The summed E-state index contributed by atoms with van der Waals surface area (Å²) in [5.41, 5.74) is 6.22. The lowest BCUT2D eigenvalue weighted by Gasteiger charge is -2.07. The van der Waals surface area contributed by atoms with Crippen LogP contribution in [0.15, 0.2) is 24.3 Å². The van der Waals surface area contributed by atoms with Gasteiger partial charge < -0.3 is 15.8 Å². The van der Waals surface area contributed by atoms with E-state index < -0.39 is 0 Å². The van der Waals surface area contributed by atoms with Gasteiger partial charge in [0.2, 0.25) is 5.91 Å². The molecule has 0 unspecified atom stereocenters. The molecule has 4 heteroatoms. The average Bonchev–Trinajstić information content (AvgIpc) is 2.36. The van der Waals surface area contributed by atoms with E-state index in [1.54, 1.807) is 0 Å². The first-order valence-electron chi connectivity index (χ1n) is 6.43. The van der Waals surface area contributed by atoms with Crippen molar-refractivity contribution in [3.05, 3.63) is 29.8 Å². The highest BCUT2D eigenvalue weighted by Gasteiger charge is 1.97. The van der Waals surface area contributed by atoms with Crippen LogP contribution < -0.4 is 15.8 Å². The molecule has 0 bridgehead atoms. The zero-order valence-electron chi connectivity index (χ0n) is 10.9. The van der Waals surface area contributed by atoms with E-state index in [1.165, 1.54) is 5.56 Å². The number of amides is 1. The van der Waals surface area contributed by atoms with Crippen molar-refractivity contribution in [2.75, 3.05) is 13.2 Å². The molecule has 18 heavy (non-hydrogen) atoms. The van der Waals surface area contributed by atoms with Gasteiger partial charge in [0, 0.05) is 19.5 Å². The van der Waals surface area contributed by atoms with E-state index >= 15 is 0 Å². The van der Waals surface area contributed by atoms with E-state index in [1.807, 2.05) is 24.3 Å². The summed E-state index contributed by atoms with van der Waals surface area (Å²) >= 11 is 0. The molecule has 1 amide bonds. The van der Waals surface area contributed by atoms with Crippen LogP contribution in [0.4, 0.5) is 0 Å². The average molecular weight is 250 g/mol. The smallest absolute Gasteiger partial charge is 0.218 e. The first kappa shape index (κ1) is 14.5. The summed E-state index contributed by atoms with van der Waals surface area (Å²) in [5.74, 6) is 0.631. The predicted octanol–water partition coefficient (Wildman–Crippen LogP) is 1.83. The Labute approximate surface area is 109 Å². The number of primary amides is 1. The molecule has 0 aromatic heterocycles. The van der Waals surface area contributed by atoms with E-state index in [-0.39, 0.29) is 5.91 Å². The summed E-state index contributed by atoms with van der Waals surface area (Å²) in [4.78, 5) is 10.5. The Balaban J connectivity index is 2.25. The standard InChI is InChI=1S/C14H22N2O2/c1-2-3-10-18-13-6-4-12(5-7-13)11-16-9-8-14(15)17/h4-7,16H,2-3,8-11H2,1H3,(H2,15,17). The molecular weight excluding hydrogens is 228 g/mol. The molecule has 3 N–H and O–H groups in total. The summed E-state index contributed by atoms with van der Waals surface area (Å²) < 4.78 is 5.58. The van der Waals surface area contributed by atoms with E-state index in [0.717, 1.165) is 31.7 Å². The number of unbranched alkanes of at least 4 members (excludes halogenated alkanes) is 1. The lowest BCUT2D eigenvalue weighted by Crippen LogP contribution is -2.21. The lowest BCUT2D eigenvalue weighted by molar-refractivity contribution is -0.117. The molecule has 0 fully saturated rings. The second-order valence-corrected chi connectivity index (χ2v) is 4.24. The minimum absolute atomic E-state index is 0.276. The molecule has 4 nitrogen and oxygen atoms in total. The highest BCUT2D eigenvalue weighted by Crippen LogP contribution is 2.12. The Bertz CT molecular complexity index is 349. The molecule has 0 radical (unpaired) electrons. The molecule has 0 atom stereocenters. The lowest BCUT2D eigenvalue weighted by atomic mass is 10.2. The van der Waals surface area contributed by atoms with Crippen LogP contribution >= 0.6 is 0 Å². The van der Waals surface area contributed by atoms with Crippen molar-refractivity contribution in [1.29, 1.82) is 0 Å². The molecule has 0 spiro atoms. The first-order chi connectivity index (χ1) is 8.72. The SMILES string of the molecule is CCCCOc1ccc(CNCCC(N)=O)cc1. The molecule has 0 aliphatic heterocycles. The zero-order chi connectivity index (χ0) is 13.2. The summed E-state index contributed by atoms with van der Waals surface area (Å²) in [6, 6.07) is 8.00. The number of nitrogens with two attached hydrogens (primary N) is 1. The number of nitrogens with one attached hydrogen (secondary N) is 1. The number of hydrogen-bond acceptors (Lipinski definition) is 3. The van der Waals surface area contributed by atoms with Crippen LogP contribution in [0.3, 0.4) is 0 Å². The van der Waals surface area contributed by atoms with Crippen LogP contribution in [0.25, 0.3) is 0 Å². The van der Waals surface area contributed by atoms with Gasteiger partial charge in [0.1, 0.15) is 5.75 Å². The maximum absolute atomic E-state index is 10.5. The number of benzene rings is 1. The summed E-state index contributed by atoms with van der Waals surface area (Å²) in [6.07, 6.45) is 2.59. The Morgan fingerprint density at radius 2 is 2.06 bits per heavy atom. The molecule has 1 rings (SSSR count). The van der Waals surface area contributed by atoms with Gasteiger partial charge in [-0.15, -0.1) is 0 Å². The highest BCUT2D eigenvalue weighted by atomic mass is 16.5. The molecule has 0 saturated carbocycles. The molecule has 1 aromatic carbocycles.